The first-order valence-corrected chi connectivity index (χ1v) is 8.77. The molecule has 1 N–H and O–H groups in total. The highest BCUT2D eigenvalue weighted by molar-refractivity contribution is 9.10. The van der Waals surface area contributed by atoms with Crippen molar-refractivity contribution in [1.29, 1.82) is 0 Å². The third-order valence-electron chi connectivity index (χ3n) is 3.26. The smallest absolute Gasteiger partial charge is 0.248 e. The first-order valence-electron chi connectivity index (χ1n) is 7.10. The minimum Gasteiger partial charge on any atom is -0.321 e. The molecule has 114 valence electrons. The minimum atomic E-state index is -0.147. The quantitative estimate of drug-likeness (QED) is 0.564. The number of anilines is 1. The Hall–Kier alpha value is -2.17. The molecule has 4 heteroatoms. The van der Waals surface area contributed by atoms with E-state index in [0.29, 0.717) is 0 Å². The number of hydrogen-bond donors (Lipinski definition) is 1. The Bertz CT molecular complexity index is 839. The molecule has 0 saturated carbocycles. The second-order valence-electron chi connectivity index (χ2n) is 4.91. The van der Waals surface area contributed by atoms with E-state index < -0.39 is 0 Å². The van der Waals surface area contributed by atoms with Crippen molar-refractivity contribution in [2.75, 3.05) is 5.32 Å². The molecule has 0 aliphatic rings. The zero-order valence-electron chi connectivity index (χ0n) is 12.2. The number of amides is 1. The summed E-state index contributed by atoms with van der Waals surface area (Å²) in [5, 5.41) is 4.95. The predicted molar refractivity (Wildman–Crippen MR) is 102 cm³/mol. The SMILES string of the molecule is O=C(/C=C/c1cc(-c2ccccc2)cs1)Nc1ccccc1Br. The molecule has 0 saturated heterocycles. The zero-order valence-corrected chi connectivity index (χ0v) is 14.6. The van der Waals surface area contributed by atoms with E-state index in [2.05, 4.69) is 44.8 Å². The fourth-order valence-electron chi connectivity index (χ4n) is 2.12. The molecule has 3 aromatic rings. The van der Waals surface area contributed by atoms with Crippen LogP contribution in [0.4, 0.5) is 5.69 Å². The Morgan fingerprint density at radius 2 is 1.74 bits per heavy atom. The van der Waals surface area contributed by atoms with Crippen molar-refractivity contribution in [2.24, 2.45) is 0 Å². The maximum atomic E-state index is 12.0. The van der Waals surface area contributed by atoms with Crippen LogP contribution in [0.25, 0.3) is 17.2 Å². The summed E-state index contributed by atoms with van der Waals surface area (Å²) < 4.78 is 0.865. The van der Waals surface area contributed by atoms with Gasteiger partial charge in [0.05, 0.1) is 5.69 Å². The molecule has 0 aliphatic carbocycles. The van der Waals surface area contributed by atoms with Gasteiger partial charge in [-0.15, -0.1) is 11.3 Å². The third-order valence-corrected chi connectivity index (χ3v) is 4.85. The first kappa shape index (κ1) is 15.7. The van der Waals surface area contributed by atoms with Crippen LogP contribution in [0.15, 0.2) is 76.6 Å². The van der Waals surface area contributed by atoms with Crippen molar-refractivity contribution in [3.63, 3.8) is 0 Å². The number of para-hydroxylation sites is 1. The second-order valence-corrected chi connectivity index (χ2v) is 6.70. The van der Waals surface area contributed by atoms with Gasteiger partial charge in [-0.2, -0.15) is 0 Å². The van der Waals surface area contributed by atoms with Crippen LogP contribution in [0.3, 0.4) is 0 Å². The van der Waals surface area contributed by atoms with Gasteiger partial charge >= 0.3 is 0 Å². The van der Waals surface area contributed by atoms with Crippen LogP contribution >= 0.6 is 27.3 Å². The highest BCUT2D eigenvalue weighted by Gasteiger charge is 2.03. The first-order chi connectivity index (χ1) is 11.2. The van der Waals surface area contributed by atoms with Crippen LogP contribution in [0, 0.1) is 0 Å². The molecule has 2 nitrogen and oxygen atoms in total. The van der Waals surface area contributed by atoms with Crippen molar-refractivity contribution in [2.45, 2.75) is 0 Å². The standard InChI is InChI=1S/C19H14BrNOS/c20-17-8-4-5-9-18(17)21-19(22)11-10-16-12-15(13-23-16)14-6-2-1-3-7-14/h1-13H,(H,21,22)/b11-10+. The molecular formula is C19H14BrNOS. The highest BCUT2D eigenvalue weighted by Crippen LogP contribution is 2.26. The van der Waals surface area contributed by atoms with E-state index >= 15 is 0 Å². The molecule has 0 radical (unpaired) electrons. The van der Waals surface area contributed by atoms with Gasteiger partial charge in [0, 0.05) is 15.4 Å². The number of carbonyl (C=O) groups is 1. The molecule has 1 aromatic heterocycles. The monoisotopic (exact) mass is 383 g/mol. The highest BCUT2D eigenvalue weighted by atomic mass is 79.9. The molecule has 0 spiro atoms. The number of halogens is 1. The number of rotatable bonds is 4. The number of nitrogens with one attached hydrogen (secondary N) is 1. The molecule has 3 rings (SSSR count). The Balaban J connectivity index is 1.68. The van der Waals surface area contributed by atoms with Crippen molar-refractivity contribution in [3.8, 4) is 11.1 Å². The molecular weight excluding hydrogens is 370 g/mol. The number of benzene rings is 2. The van der Waals surface area contributed by atoms with Gasteiger partial charge < -0.3 is 5.32 Å². The maximum Gasteiger partial charge on any atom is 0.248 e. The predicted octanol–water partition coefficient (Wildman–Crippen LogP) is 5.83. The average Bonchev–Trinajstić information content (AvgIpc) is 3.05. The van der Waals surface area contributed by atoms with Gasteiger partial charge in [0.25, 0.3) is 0 Å². The van der Waals surface area contributed by atoms with Gasteiger partial charge in [-0.25, -0.2) is 0 Å². The summed E-state index contributed by atoms with van der Waals surface area (Å²) in [6.45, 7) is 0. The maximum absolute atomic E-state index is 12.0. The molecule has 0 unspecified atom stereocenters. The Labute approximate surface area is 147 Å². The lowest BCUT2D eigenvalue weighted by molar-refractivity contribution is -0.111. The largest absolute Gasteiger partial charge is 0.321 e. The van der Waals surface area contributed by atoms with Crippen LogP contribution in [0.2, 0.25) is 0 Å². The summed E-state index contributed by atoms with van der Waals surface area (Å²) in [4.78, 5) is 13.0. The zero-order chi connectivity index (χ0) is 16.1. The van der Waals surface area contributed by atoms with Crippen molar-refractivity contribution < 1.29 is 4.79 Å². The minimum absolute atomic E-state index is 0.147. The van der Waals surface area contributed by atoms with E-state index in [4.69, 9.17) is 0 Å². The van der Waals surface area contributed by atoms with E-state index in [1.165, 1.54) is 11.1 Å². The fourth-order valence-corrected chi connectivity index (χ4v) is 3.31. The Morgan fingerprint density at radius 1 is 1.00 bits per heavy atom. The molecule has 23 heavy (non-hydrogen) atoms. The molecule has 2 aromatic carbocycles. The van der Waals surface area contributed by atoms with E-state index in [0.717, 1.165) is 15.0 Å². The summed E-state index contributed by atoms with van der Waals surface area (Å²) in [5.74, 6) is -0.147. The Kier molecular flexibility index (Phi) is 5.05. The van der Waals surface area contributed by atoms with Crippen LogP contribution < -0.4 is 5.32 Å². The lowest BCUT2D eigenvalue weighted by Crippen LogP contribution is -2.07. The summed E-state index contributed by atoms with van der Waals surface area (Å²) in [7, 11) is 0. The van der Waals surface area contributed by atoms with Gasteiger partial charge in [0.2, 0.25) is 5.91 Å². The lowest BCUT2D eigenvalue weighted by atomic mass is 10.1. The topological polar surface area (TPSA) is 29.1 Å². The van der Waals surface area contributed by atoms with E-state index in [9.17, 15) is 4.79 Å². The van der Waals surface area contributed by atoms with Gasteiger partial charge in [-0.05, 0) is 56.7 Å². The summed E-state index contributed by atoms with van der Waals surface area (Å²) in [5.41, 5.74) is 3.11. The normalized spacial score (nSPS) is 10.8. The van der Waals surface area contributed by atoms with E-state index in [1.54, 1.807) is 17.4 Å². The molecule has 0 aliphatic heterocycles. The number of thiophene rings is 1. The summed E-state index contributed by atoms with van der Waals surface area (Å²) in [6.07, 6.45) is 3.39. The van der Waals surface area contributed by atoms with E-state index in [-0.39, 0.29) is 5.91 Å². The molecule has 0 bridgehead atoms. The van der Waals surface area contributed by atoms with Gasteiger partial charge in [0.1, 0.15) is 0 Å². The second kappa shape index (κ2) is 7.40. The van der Waals surface area contributed by atoms with Crippen molar-refractivity contribution in [3.05, 3.63) is 81.5 Å². The van der Waals surface area contributed by atoms with Crippen molar-refractivity contribution in [1.82, 2.24) is 0 Å². The summed E-state index contributed by atoms with van der Waals surface area (Å²) >= 11 is 5.03. The summed E-state index contributed by atoms with van der Waals surface area (Å²) in [6, 6.07) is 19.8. The van der Waals surface area contributed by atoms with Gasteiger partial charge in [-0.1, -0.05) is 42.5 Å². The Morgan fingerprint density at radius 3 is 2.52 bits per heavy atom. The molecule has 0 fully saturated rings. The number of hydrogen-bond acceptors (Lipinski definition) is 2. The lowest BCUT2D eigenvalue weighted by Gasteiger charge is -2.03. The number of carbonyl (C=O) groups excluding carboxylic acids is 1. The average molecular weight is 384 g/mol. The van der Waals surface area contributed by atoms with Crippen molar-refractivity contribution >= 4 is 44.9 Å². The molecule has 0 atom stereocenters. The molecule has 1 heterocycles. The third kappa shape index (κ3) is 4.18. The fraction of sp³-hybridized carbons (Fsp3) is 0. The van der Waals surface area contributed by atoms with Crippen LogP contribution in [-0.4, -0.2) is 5.91 Å². The van der Waals surface area contributed by atoms with E-state index in [1.807, 2.05) is 48.5 Å². The van der Waals surface area contributed by atoms with Crippen LogP contribution in [0.5, 0.6) is 0 Å². The molecule has 1 amide bonds. The van der Waals surface area contributed by atoms with Crippen LogP contribution in [0.1, 0.15) is 4.88 Å². The van der Waals surface area contributed by atoms with Crippen LogP contribution in [-0.2, 0) is 4.79 Å². The van der Waals surface area contributed by atoms with Gasteiger partial charge in [0.15, 0.2) is 0 Å². The van der Waals surface area contributed by atoms with Gasteiger partial charge in [-0.3, -0.25) is 4.79 Å².